The maximum Gasteiger partial charge on any atom is 0.211 e. The van der Waals surface area contributed by atoms with Gasteiger partial charge in [0.2, 0.25) is 10.0 Å². The smallest absolute Gasteiger partial charge is 0.211 e. The molecule has 0 fully saturated rings. The van der Waals surface area contributed by atoms with Gasteiger partial charge >= 0.3 is 0 Å². The summed E-state index contributed by atoms with van der Waals surface area (Å²) in [6.45, 7) is 2.62. The number of rotatable bonds is 8. The molecule has 0 radical (unpaired) electrons. The van der Waals surface area contributed by atoms with Crippen molar-refractivity contribution in [3.63, 3.8) is 0 Å². The van der Waals surface area contributed by atoms with E-state index < -0.39 is 10.0 Å². The van der Waals surface area contributed by atoms with Crippen molar-refractivity contribution in [2.24, 2.45) is 0 Å². The monoisotopic (exact) mass is 276 g/mol. The normalized spacial score (nSPS) is 13.8. The largest absolute Gasteiger partial charge is 0.320 e. The summed E-state index contributed by atoms with van der Waals surface area (Å²) in [6.07, 6.45) is 1.39. The molecule has 98 valence electrons. The Morgan fingerprint density at radius 3 is 2.82 bits per heavy atom. The van der Waals surface area contributed by atoms with Gasteiger partial charge in [-0.25, -0.2) is 13.1 Å². The van der Waals surface area contributed by atoms with E-state index in [9.17, 15) is 8.42 Å². The van der Waals surface area contributed by atoms with E-state index >= 15 is 0 Å². The number of hydrogen-bond donors (Lipinski definition) is 2. The molecular weight excluding hydrogens is 256 g/mol. The van der Waals surface area contributed by atoms with Gasteiger partial charge in [0.25, 0.3) is 0 Å². The van der Waals surface area contributed by atoms with Crippen molar-refractivity contribution in [3.8, 4) is 0 Å². The topological polar surface area (TPSA) is 58.2 Å². The summed E-state index contributed by atoms with van der Waals surface area (Å²) in [6, 6.07) is 3.96. The van der Waals surface area contributed by atoms with Gasteiger partial charge in [-0.3, -0.25) is 0 Å². The third-order valence-electron chi connectivity index (χ3n) is 2.31. The Morgan fingerprint density at radius 1 is 1.47 bits per heavy atom. The van der Waals surface area contributed by atoms with E-state index in [-0.39, 0.29) is 11.8 Å². The first-order chi connectivity index (χ1) is 8.03. The molecule has 0 aromatic carbocycles. The van der Waals surface area contributed by atoms with Crippen LogP contribution in [0.5, 0.6) is 0 Å². The summed E-state index contributed by atoms with van der Waals surface area (Å²) in [5.41, 5.74) is 0. The fraction of sp³-hybridized carbons (Fsp3) is 0.636. The van der Waals surface area contributed by atoms with Crippen molar-refractivity contribution < 1.29 is 8.42 Å². The first kappa shape index (κ1) is 14.6. The SMILES string of the molecule is CNCCCS(=O)(=O)NC(C)Cc1cccs1. The predicted octanol–water partition coefficient (Wildman–Crippen LogP) is 1.21. The van der Waals surface area contributed by atoms with Gasteiger partial charge in [0.15, 0.2) is 0 Å². The maximum atomic E-state index is 11.7. The Kier molecular flexibility index (Phi) is 6.11. The van der Waals surface area contributed by atoms with Crippen LogP contribution in [0.2, 0.25) is 0 Å². The van der Waals surface area contributed by atoms with Crippen molar-refractivity contribution in [2.45, 2.75) is 25.8 Å². The molecule has 2 N–H and O–H groups in total. The zero-order valence-corrected chi connectivity index (χ0v) is 11.9. The van der Waals surface area contributed by atoms with Crippen molar-refractivity contribution in [1.82, 2.24) is 10.0 Å². The van der Waals surface area contributed by atoms with Crippen LogP contribution in [0.3, 0.4) is 0 Å². The first-order valence-corrected chi connectivity index (χ1v) is 8.23. The second-order valence-electron chi connectivity index (χ2n) is 4.08. The molecule has 0 amide bonds. The van der Waals surface area contributed by atoms with Crippen LogP contribution in [-0.4, -0.2) is 33.8 Å². The van der Waals surface area contributed by atoms with E-state index in [0.29, 0.717) is 6.42 Å². The van der Waals surface area contributed by atoms with Gasteiger partial charge in [0.1, 0.15) is 0 Å². The van der Waals surface area contributed by atoms with Gasteiger partial charge in [-0.15, -0.1) is 11.3 Å². The molecule has 6 heteroatoms. The molecule has 0 saturated carbocycles. The summed E-state index contributed by atoms with van der Waals surface area (Å²) < 4.78 is 26.1. The fourth-order valence-corrected chi connectivity index (χ4v) is 3.75. The zero-order chi connectivity index (χ0) is 12.7. The van der Waals surface area contributed by atoms with Gasteiger partial charge in [0.05, 0.1) is 5.75 Å². The van der Waals surface area contributed by atoms with Crippen LogP contribution in [0.25, 0.3) is 0 Å². The molecule has 0 spiro atoms. The second kappa shape index (κ2) is 7.10. The van der Waals surface area contributed by atoms with Crippen LogP contribution >= 0.6 is 11.3 Å². The number of hydrogen-bond acceptors (Lipinski definition) is 4. The van der Waals surface area contributed by atoms with Gasteiger partial charge < -0.3 is 5.32 Å². The average molecular weight is 276 g/mol. The molecule has 17 heavy (non-hydrogen) atoms. The maximum absolute atomic E-state index is 11.7. The van der Waals surface area contributed by atoms with E-state index in [1.165, 1.54) is 4.88 Å². The van der Waals surface area contributed by atoms with Crippen LogP contribution in [-0.2, 0) is 16.4 Å². The molecular formula is C11H20N2O2S2. The second-order valence-corrected chi connectivity index (χ2v) is 6.98. The molecule has 1 aromatic heterocycles. The number of thiophene rings is 1. The molecule has 4 nitrogen and oxygen atoms in total. The molecule has 0 aliphatic carbocycles. The Labute approximate surface area is 107 Å². The lowest BCUT2D eigenvalue weighted by molar-refractivity contribution is 0.557. The van der Waals surface area contributed by atoms with Crippen molar-refractivity contribution in [2.75, 3.05) is 19.3 Å². The Hall–Kier alpha value is -0.430. The summed E-state index contributed by atoms with van der Waals surface area (Å²) in [7, 11) is -1.32. The summed E-state index contributed by atoms with van der Waals surface area (Å²) >= 11 is 1.65. The zero-order valence-electron chi connectivity index (χ0n) is 10.3. The lowest BCUT2D eigenvalue weighted by Gasteiger charge is -2.13. The van der Waals surface area contributed by atoms with Gasteiger partial charge in [-0.1, -0.05) is 6.07 Å². The highest BCUT2D eigenvalue weighted by molar-refractivity contribution is 7.89. The van der Waals surface area contributed by atoms with E-state index in [1.54, 1.807) is 11.3 Å². The van der Waals surface area contributed by atoms with Crippen LogP contribution in [0, 0.1) is 0 Å². The molecule has 1 rings (SSSR count). The standard InChI is InChI=1S/C11H20N2O2S2/c1-10(9-11-5-3-7-16-11)13-17(14,15)8-4-6-12-2/h3,5,7,10,12-13H,4,6,8-9H2,1-2H3. The van der Waals surface area contributed by atoms with Crippen LogP contribution in [0.1, 0.15) is 18.2 Å². The molecule has 0 aliphatic rings. The molecule has 1 heterocycles. The molecule has 1 atom stereocenters. The lowest BCUT2D eigenvalue weighted by Crippen LogP contribution is -2.36. The molecule has 0 aliphatic heterocycles. The van der Waals surface area contributed by atoms with E-state index in [2.05, 4.69) is 10.0 Å². The van der Waals surface area contributed by atoms with Crippen LogP contribution < -0.4 is 10.0 Å². The molecule has 0 bridgehead atoms. The minimum Gasteiger partial charge on any atom is -0.320 e. The van der Waals surface area contributed by atoms with Gasteiger partial charge in [0, 0.05) is 10.9 Å². The average Bonchev–Trinajstić information content (AvgIpc) is 2.69. The van der Waals surface area contributed by atoms with Crippen LogP contribution in [0.4, 0.5) is 0 Å². The summed E-state index contributed by atoms with van der Waals surface area (Å²) in [5, 5.41) is 4.94. The highest BCUT2D eigenvalue weighted by Crippen LogP contribution is 2.11. The predicted molar refractivity (Wildman–Crippen MR) is 73.0 cm³/mol. The Morgan fingerprint density at radius 2 is 2.24 bits per heavy atom. The third kappa shape index (κ3) is 6.16. The number of sulfonamides is 1. The fourth-order valence-electron chi connectivity index (χ4n) is 1.58. The van der Waals surface area contributed by atoms with Crippen molar-refractivity contribution >= 4 is 21.4 Å². The van der Waals surface area contributed by atoms with Crippen molar-refractivity contribution in [1.29, 1.82) is 0 Å². The highest BCUT2D eigenvalue weighted by atomic mass is 32.2. The molecule has 0 saturated heterocycles. The van der Waals surface area contributed by atoms with E-state index in [4.69, 9.17) is 0 Å². The van der Waals surface area contributed by atoms with Crippen molar-refractivity contribution in [3.05, 3.63) is 22.4 Å². The minimum absolute atomic E-state index is 0.0479. The first-order valence-electron chi connectivity index (χ1n) is 5.70. The lowest BCUT2D eigenvalue weighted by atomic mass is 10.2. The van der Waals surface area contributed by atoms with E-state index in [0.717, 1.165) is 13.0 Å². The Bertz CT molecular complexity index is 401. The summed E-state index contributed by atoms with van der Waals surface area (Å²) in [5.74, 6) is 0.183. The quantitative estimate of drug-likeness (QED) is 0.702. The van der Waals surface area contributed by atoms with Gasteiger partial charge in [-0.05, 0) is 44.8 Å². The third-order valence-corrected chi connectivity index (χ3v) is 4.79. The summed E-state index contributed by atoms with van der Waals surface area (Å²) in [4.78, 5) is 1.20. The number of nitrogens with one attached hydrogen (secondary N) is 2. The van der Waals surface area contributed by atoms with Gasteiger partial charge in [-0.2, -0.15) is 0 Å². The van der Waals surface area contributed by atoms with E-state index in [1.807, 2.05) is 31.5 Å². The van der Waals surface area contributed by atoms with Crippen LogP contribution in [0.15, 0.2) is 17.5 Å². The molecule has 1 aromatic rings. The minimum atomic E-state index is -3.14. The Balaban J connectivity index is 2.36. The highest BCUT2D eigenvalue weighted by Gasteiger charge is 2.14. The molecule has 1 unspecified atom stereocenters.